The number of ether oxygens (including phenoxy) is 1. The fraction of sp³-hybridized carbons (Fsp3) is 0.464. The number of benzene rings is 2. The van der Waals surface area contributed by atoms with E-state index in [4.69, 9.17) is 9.72 Å². The number of imidazole rings is 1. The number of aromatic nitrogens is 2. The van der Waals surface area contributed by atoms with Crippen LogP contribution >= 0.6 is 0 Å². The molecule has 7 heteroatoms. The Morgan fingerprint density at radius 2 is 1.91 bits per heavy atom. The van der Waals surface area contributed by atoms with Gasteiger partial charge >= 0.3 is 12.1 Å². The molecule has 3 atom stereocenters. The largest absolute Gasteiger partial charge is 0.481 e. The van der Waals surface area contributed by atoms with Crippen LogP contribution in [0.25, 0.3) is 11.0 Å². The quantitative estimate of drug-likeness (QED) is 0.509. The van der Waals surface area contributed by atoms with Crippen LogP contribution in [0.1, 0.15) is 68.4 Å². The first-order valence-electron chi connectivity index (χ1n) is 12.6. The maximum atomic E-state index is 12.6. The van der Waals surface area contributed by atoms with Crippen LogP contribution in [0.5, 0.6) is 0 Å². The van der Waals surface area contributed by atoms with Crippen LogP contribution in [-0.4, -0.2) is 39.9 Å². The summed E-state index contributed by atoms with van der Waals surface area (Å²) in [6.45, 7) is 2.05. The maximum Gasteiger partial charge on any atom is 0.414 e. The third-order valence-corrected chi connectivity index (χ3v) is 7.69. The summed E-state index contributed by atoms with van der Waals surface area (Å²) in [4.78, 5) is 31.0. The highest BCUT2D eigenvalue weighted by molar-refractivity contribution is 5.95. The van der Waals surface area contributed by atoms with Crippen molar-refractivity contribution in [3.63, 3.8) is 0 Å². The SMILES string of the molecule is COC(=O)N1c2ccc3c(nc(Cc4ccccc4)n3[C@@H]3CCC[C@@H](CC(=O)O)C3)c2CC[C@@H]1C. The Morgan fingerprint density at radius 3 is 2.66 bits per heavy atom. The lowest BCUT2D eigenvalue weighted by Crippen LogP contribution is -2.42. The lowest BCUT2D eigenvalue weighted by Gasteiger charge is -2.34. The van der Waals surface area contributed by atoms with E-state index in [2.05, 4.69) is 22.8 Å². The molecular formula is C28H33N3O4. The summed E-state index contributed by atoms with van der Waals surface area (Å²) in [7, 11) is 1.42. The van der Waals surface area contributed by atoms with Crippen molar-refractivity contribution in [1.82, 2.24) is 9.55 Å². The second-order valence-corrected chi connectivity index (χ2v) is 10.0. The van der Waals surface area contributed by atoms with Crippen LogP contribution in [0.15, 0.2) is 42.5 Å². The van der Waals surface area contributed by atoms with Gasteiger partial charge < -0.3 is 14.4 Å². The van der Waals surface area contributed by atoms with Gasteiger partial charge in [0.05, 0.1) is 23.8 Å². The van der Waals surface area contributed by atoms with Crippen molar-refractivity contribution >= 4 is 28.8 Å². The van der Waals surface area contributed by atoms with Crippen LogP contribution in [-0.2, 0) is 22.4 Å². The number of carbonyl (C=O) groups excluding carboxylic acids is 1. The van der Waals surface area contributed by atoms with Crippen molar-refractivity contribution < 1.29 is 19.4 Å². The summed E-state index contributed by atoms with van der Waals surface area (Å²) in [5.74, 6) is 0.465. The molecule has 1 saturated carbocycles. The van der Waals surface area contributed by atoms with Crippen molar-refractivity contribution in [3.8, 4) is 0 Å². The monoisotopic (exact) mass is 475 g/mol. The minimum atomic E-state index is -0.721. The summed E-state index contributed by atoms with van der Waals surface area (Å²) in [6.07, 6.45) is 6.15. The minimum Gasteiger partial charge on any atom is -0.481 e. The molecule has 0 radical (unpaired) electrons. The third kappa shape index (κ3) is 4.51. The Morgan fingerprint density at radius 1 is 1.11 bits per heavy atom. The highest BCUT2D eigenvalue weighted by Crippen LogP contribution is 2.41. The van der Waals surface area contributed by atoms with Gasteiger partial charge in [0.25, 0.3) is 0 Å². The molecule has 184 valence electrons. The summed E-state index contributed by atoms with van der Waals surface area (Å²) in [5, 5.41) is 9.39. The summed E-state index contributed by atoms with van der Waals surface area (Å²) in [6, 6.07) is 14.7. The zero-order chi connectivity index (χ0) is 24.5. The summed E-state index contributed by atoms with van der Waals surface area (Å²) in [5.41, 5.74) is 5.20. The molecule has 5 rings (SSSR count). The van der Waals surface area contributed by atoms with E-state index in [1.54, 1.807) is 4.90 Å². The van der Waals surface area contributed by atoms with Crippen LogP contribution in [0.3, 0.4) is 0 Å². The molecular weight excluding hydrogens is 442 g/mol. The lowest BCUT2D eigenvalue weighted by atomic mass is 9.83. The van der Waals surface area contributed by atoms with Gasteiger partial charge in [-0.15, -0.1) is 0 Å². The second kappa shape index (κ2) is 9.72. The first-order valence-corrected chi connectivity index (χ1v) is 12.6. The average Bonchev–Trinajstić information content (AvgIpc) is 3.22. The number of fused-ring (bicyclic) bond motifs is 3. The summed E-state index contributed by atoms with van der Waals surface area (Å²) < 4.78 is 7.46. The van der Waals surface area contributed by atoms with Gasteiger partial charge in [0.2, 0.25) is 0 Å². The molecule has 3 aromatic rings. The molecule has 1 aliphatic heterocycles. The Bertz CT molecular complexity index is 1240. The van der Waals surface area contributed by atoms with Gasteiger partial charge in [0, 0.05) is 30.5 Å². The van der Waals surface area contributed by atoms with E-state index in [-0.39, 0.29) is 30.5 Å². The van der Waals surface area contributed by atoms with Gasteiger partial charge in [-0.05, 0) is 62.6 Å². The number of aliphatic carboxylic acids is 1. The number of amides is 1. The predicted molar refractivity (Wildman–Crippen MR) is 135 cm³/mol. The van der Waals surface area contributed by atoms with Gasteiger partial charge in [-0.25, -0.2) is 9.78 Å². The third-order valence-electron chi connectivity index (χ3n) is 7.69. The van der Waals surface area contributed by atoms with E-state index >= 15 is 0 Å². The summed E-state index contributed by atoms with van der Waals surface area (Å²) >= 11 is 0. The van der Waals surface area contributed by atoms with Crippen molar-refractivity contribution in [3.05, 3.63) is 59.4 Å². The lowest BCUT2D eigenvalue weighted by molar-refractivity contribution is -0.138. The number of anilines is 1. The van der Waals surface area contributed by atoms with Gasteiger partial charge in [0.1, 0.15) is 5.82 Å². The number of methoxy groups -OCH3 is 1. The highest BCUT2D eigenvalue weighted by atomic mass is 16.5. The molecule has 0 saturated heterocycles. The number of hydrogen-bond donors (Lipinski definition) is 1. The van der Waals surface area contributed by atoms with E-state index in [0.29, 0.717) is 6.42 Å². The normalized spacial score (nSPS) is 22.1. The zero-order valence-electron chi connectivity index (χ0n) is 20.4. The van der Waals surface area contributed by atoms with E-state index in [1.165, 1.54) is 12.7 Å². The van der Waals surface area contributed by atoms with E-state index < -0.39 is 5.97 Å². The average molecular weight is 476 g/mol. The zero-order valence-corrected chi connectivity index (χ0v) is 20.4. The number of nitrogens with zero attached hydrogens (tertiary/aromatic N) is 3. The first-order chi connectivity index (χ1) is 17.0. The van der Waals surface area contributed by atoms with E-state index in [0.717, 1.165) is 66.6 Å². The van der Waals surface area contributed by atoms with Gasteiger partial charge in [-0.3, -0.25) is 9.69 Å². The van der Waals surface area contributed by atoms with Crippen molar-refractivity contribution in [2.24, 2.45) is 5.92 Å². The van der Waals surface area contributed by atoms with Crippen molar-refractivity contribution in [2.45, 2.75) is 70.4 Å². The fourth-order valence-electron chi connectivity index (χ4n) is 6.06. The minimum absolute atomic E-state index is 0.0633. The molecule has 1 amide bonds. The molecule has 0 bridgehead atoms. The molecule has 1 fully saturated rings. The molecule has 0 spiro atoms. The van der Waals surface area contributed by atoms with Gasteiger partial charge in [-0.1, -0.05) is 36.8 Å². The van der Waals surface area contributed by atoms with Crippen LogP contribution in [0.2, 0.25) is 0 Å². The molecule has 2 heterocycles. The number of carboxylic acids is 1. The predicted octanol–water partition coefficient (Wildman–Crippen LogP) is 5.74. The van der Waals surface area contributed by atoms with Gasteiger partial charge in [-0.2, -0.15) is 0 Å². The molecule has 0 unspecified atom stereocenters. The molecule has 1 aliphatic carbocycles. The molecule has 2 aliphatic rings. The molecule has 1 N–H and O–H groups in total. The highest BCUT2D eigenvalue weighted by Gasteiger charge is 2.33. The van der Waals surface area contributed by atoms with Crippen LogP contribution < -0.4 is 4.90 Å². The van der Waals surface area contributed by atoms with Crippen LogP contribution in [0.4, 0.5) is 10.5 Å². The second-order valence-electron chi connectivity index (χ2n) is 10.0. The van der Waals surface area contributed by atoms with Crippen LogP contribution in [0, 0.1) is 5.92 Å². The number of carbonyl (C=O) groups is 2. The standard InChI is InChI=1S/C28H33N3O4/c1-18-11-12-22-23(30(18)28(34)35-2)13-14-24-27(22)29-25(16-19-7-4-3-5-8-19)31(24)21-10-6-9-20(15-21)17-26(32)33/h3-5,7-8,13-14,18,20-21H,6,9-12,15-17H2,1-2H3,(H,32,33)/t18-,20+,21+/m0/s1. The number of carboxylic acid groups (broad SMARTS) is 1. The number of rotatable bonds is 5. The molecule has 2 aromatic carbocycles. The topological polar surface area (TPSA) is 84.7 Å². The smallest absolute Gasteiger partial charge is 0.414 e. The molecule has 35 heavy (non-hydrogen) atoms. The van der Waals surface area contributed by atoms with Gasteiger partial charge in [0.15, 0.2) is 0 Å². The Labute approximate surface area is 205 Å². The Balaban J connectivity index is 1.62. The number of hydrogen-bond acceptors (Lipinski definition) is 4. The Kier molecular flexibility index (Phi) is 6.50. The maximum absolute atomic E-state index is 12.6. The molecule has 7 nitrogen and oxygen atoms in total. The fourth-order valence-corrected chi connectivity index (χ4v) is 6.06. The van der Waals surface area contributed by atoms with Crippen molar-refractivity contribution in [2.75, 3.05) is 12.0 Å². The number of aryl methyl sites for hydroxylation is 1. The first kappa shape index (κ1) is 23.4. The van der Waals surface area contributed by atoms with E-state index in [1.807, 2.05) is 31.2 Å². The molecule has 1 aromatic heterocycles. The van der Waals surface area contributed by atoms with E-state index in [9.17, 15) is 14.7 Å². The van der Waals surface area contributed by atoms with Crippen molar-refractivity contribution in [1.29, 1.82) is 0 Å². The Hall–Kier alpha value is -3.35.